The molecule has 0 saturated carbocycles. The number of rotatable bonds is 1. The fourth-order valence-corrected chi connectivity index (χ4v) is 1.97. The predicted molar refractivity (Wildman–Crippen MR) is 65.1 cm³/mol. The highest BCUT2D eigenvalue weighted by Gasteiger charge is 2.10. The minimum Gasteiger partial charge on any atom is -0.382 e. The van der Waals surface area contributed by atoms with Crippen LogP contribution in [0.3, 0.4) is 0 Å². The van der Waals surface area contributed by atoms with Gasteiger partial charge in [-0.2, -0.15) is 10.4 Å². The third-order valence-corrected chi connectivity index (χ3v) is 2.81. The molecule has 0 amide bonds. The second-order valence-electron chi connectivity index (χ2n) is 3.40. The maximum absolute atomic E-state index is 8.80. The molecule has 16 heavy (non-hydrogen) atoms. The highest BCUT2D eigenvalue weighted by molar-refractivity contribution is 9.10. The van der Waals surface area contributed by atoms with E-state index in [1.807, 2.05) is 31.2 Å². The summed E-state index contributed by atoms with van der Waals surface area (Å²) in [4.78, 5) is 0. The molecular weight excluding hydrogens is 268 g/mol. The molecule has 2 N–H and O–H groups in total. The van der Waals surface area contributed by atoms with Crippen LogP contribution in [0.5, 0.6) is 0 Å². The summed E-state index contributed by atoms with van der Waals surface area (Å²) >= 11 is 3.39. The first-order valence-corrected chi connectivity index (χ1v) is 5.43. The van der Waals surface area contributed by atoms with Crippen molar-refractivity contribution in [3.63, 3.8) is 0 Å². The maximum Gasteiger partial charge on any atom is 0.145 e. The number of nitriles is 1. The number of nitrogens with two attached hydrogens (primary N) is 1. The lowest BCUT2D eigenvalue weighted by molar-refractivity contribution is 0.883. The van der Waals surface area contributed by atoms with Crippen LogP contribution in [0.2, 0.25) is 0 Å². The summed E-state index contributed by atoms with van der Waals surface area (Å²) in [6.45, 7) is 1.97. The van der Waals surface area contributed by atoms with Gasteiger partial charge in [0, 0.05) is 4.47 Å². The van der Waals surface area contributed by atoms with Crippen molar-refractivity contribution in [2.45, 2.75) is 6.92 Å². The van der Waals surface area contributed by atoms with E-state index in [-0.39, 0.29) is 0 Å². The van der Waals surface area contributed by atoms with Crippen LogP contribution in [0.25, 0.3) is 5.69 Å². The predicted octanol–water partition coefficient (Wildman–Crippen LogP) is 2.40. The summed E-state index contributed by atoms with van der Waals surface area (Å²) < 4.78 is 2.57. The average molecular weight is 277 g/mol. The zero-order valence-corrected chi connectivity index (χ0v) is 10.2. The van der Waals surface area contributed by atoms with E-state index in [0.717, 1.165) is 15.7 Å². The Balaban J connectivity index is 2.60. The Morgan fingerprint density at radius 2 is 2.25 bits per heavy atom. The number of halogens is 1. The summed E-state index contributed by atoms with van der Waals surface area (Å²) in [5.74, 6) is 0.368. The lowest BCUT2D eigenvalue weighted by Crippen LogP contribution is -2.04. The number of hydrogen-bond acceptors (Lipinski definition) is 3. The van der Waals surface area contributed by atoms with Crippen LogP contribution in [0.15, 0.2) is 28.9 Å². The molecule has 0 aliphatic carbocycles. The second-order valence-corrected chi connectivity index (χ2v) is 4.31. The Hall–Kier alpha value is -1.80. The zero-order valence-electron chi connectivity index (χ0n) is 8.61. The Bertz CT molecular complexity index is 580. The summed E-state index contributed by atoms with van der Waals surface area (Å²) in [7, 11) is 0. The van der Waals surface area contributed by atoms with Gasteiger partial charge in [0.05, 0.1) is 11.9 Å². The van der Waals surface area contributed by atoms with Gasteiger partial charge in [-0.05, 0) is 30.7 Å². The summed E-state index contributed by atoms with van der Waals surface area (Å²) in [6, 6.07) is 7.79. The molecule has 2 rings (SSSR count). The van der Waals surface area contributed by atoms with Crippen LogP contribution in [-0.4, -0.2) is 9.78 Å². The van der Waals surface area contributed by atoms with Crippen LogP contribution in [0.1, 0.15) is 11.1 Å². The Morgan fingerprint density at radius 3 is 2.81 bits per heavy atom. The SMILES string of the molecule is Cc1cc(Br)ccc1-n1ncc(C#N)c1N. The number of aryl methyl sites for hydroxylation is 1. The molecule has 0 radical (unpaired) electrons. The summed E-state index contributed by atoms with van der Waals surface area (Å²) in [5, 5.41) is 12.9. The van der Waals surface area contributed by atoms with Crippen molar-refractivity contribution in [3.05, 3.63) is 40.0 Å². The fraction of sp³-hybridized carbons (Fsp3) is 0.0909. The van der Waals surface area contributed by atoms with Gasteiger partial charge in [0.1, 0.15) is 17.5 Å². The van der Waals surface area contributed by atoms with E-state index in [0.29, 0.717) is 11.4 Å². The first-order chi connectivity index (χ1) is 7.63. The van der Waals surface area contributed by atoms with Gasteiger partial charge in [-0.25, -0.2) is 4.68 Å². The van der Waals surface area contributed by atoms with Crippen molar-refractivity contribution in [2.75, 3.05) is 5.73 Å². The minimum atomic E-state index is 0.368. The lowest BCUT2D eigenvalue weighted by atomic mass is 10.2. The number of anilines is 1. The first kappa shape index (κ1) is 10.7. The summed E-state index contributed by atoms with van der Waals surface area (Å²) in [6.07, 6.45) is 1.47. The van der Waals surface area contributed by atoms with E-state index in [2.05, 4.69) is 21.0 Å². The molecule has 5 heteroatoms. The van der Waals surface area contributed by atoms with Crippen LogP contribution in [0, 0.1) is 18.3 Å². The Labute approximate surface area is 101 Å². The molecule has 1 aromatic carbocycles. The molecule has 80 valence electrons. The van der Waals surface area contributed by atoms with E-state index in [1.54, 1.807) is 4.68 Å². The molecule has 1 aromatic heterocycles. The molecule has 0 unspecified atom stereocenters. The molecule has 0 fully saturated rings. The van der Waals surface area contributed by atoms with Gasteiger partial charge in [-0.1, -0.05) is 15.9 Å². The monoisotopic (exact) mass is 276 g/mol. The molecule has 2 aromatic rings. The number of aromatic nitrogens is 2. The number of hydrogen-bond donors (Lipinski definition) is 1. The Kier molecular flexibility index (Phi) is 2.67. The fourth-order valence-electron chi connectivity index (χ4n) is 1.49. The largest absolute Gasteiger partial charge is 0.382 e. The third kappa shape index (κ3) is 1.68. The van der Waals surface area contributed by atoms with E-state index >= 15 is 0 Å². The van der Waals surface area contributed by atoms with Gasteiger partial charge < -0.3 is 5.73 Å². The van der Waals surface area contributed by atoms with E-state index in [4.69, 9.17) is 11.0 Å². The van der Waals surface area contributed by atoms with Crippen molar-refractivity contribution in [1.82, 2.24) is 9.78 Å². The van der Waals surface area contributed by atoms with Gasteiger partial charge in [0.15, 0.2) is 0 Å². The van der Waals surface area contributed by atoms with Gasteiger partial charge in [-0.3, -0.25) is 0 Å². The smallest absolute Gasteiger partial charge is 0.145 e. The minimum absolute atomic E-state index is 0.368. The second kappa shape index (κ2) is 3.99. The van der Waals surface area contributed by atoms with Crippen LogP contribution in [-0.2, 0) is 0 Å². The van der Waals surface area contributed by atoms with E-state index in [9.17, 15) is 0 Å². The van der Waals surface area contributed by atoms with Gasteiger partial charge in [-0.15, -0.1) is 0 Å². The highest BCUT2D eigenvalue weighted by atomic mass is 79.9. The molecule has 0 spiro atoms. The molecule has 4 nitrogen and oxygen atoms in total. The van der Waals surface area contributed by atoms with Crippen molar-refractivity contribution in [3.8, 4) is 11.8 Å². The molecule has 0 aliphatic heterocycles. The van der Waals surface area contributed by atoms with Gasteiger partial charge >= 0.3 is 0 Å². The van der Waals surface area contributed by atoms with E-state index in [1.165, 1.54) is 6.20 Å². The molecule has 0 saturated heterocycles. The van der Waals surface area contributed by atoms with Crippen LogP contribution < -0.4 is 5.73 Å². The quantitative estimate of drug-likeness (QED) is 0.870. The third-order valence-electron chi connectivity index (χ3n) is 2.31. The molecule has 1 heterocycles. The molecule has 0 atom stereocenters. The standard InChI is InChI=1S/C11H9BrN4/c1-7-4-9(12)2-3-10(7)16-11(14)8(5-13)6-15-16/h2-4,6H,14H2,1H3. The number of benzene rings is 1. The molecule has 0 bridgehead atoms. The van der Waals surface area contributed by atoms with Crippen molar-refractivity contribution in [2.24, 2.45) is 0 Å². The number of nitrogens with zero attached hydrogens (tertiary/aromatic N) is 3. The maximum atomic E-state index is 8.80. The van der Waals surface area contributed by atoms with Crippen molar-refractivity contribution >= 4 is 21.7 Å². The molecular formula is C11H9BrN4. The van der Waals surface area contributed by atoms with Gasteiger partial charge in [0.25, 0.3) is 0 Å². The van der Waals surface area contributed by atoms with E-state index < -0.39 is 0 Å². The number of nitrogen functional groups attached to an aromatic ring is 1. The van der Waals surface area contributed by atoms with Crippen LogP contribution >= 0.6 is 15.9 Å². The Morgan fingerprint density at radius 1 is 1.50 bits per heavy atom. The zero-order chi connectivity index (χ0) is 11.7. The lowest BCUT2D eigenvalue weighted by Gasteiger charge is -2.07. The van der Waals surface area contributed by atoms with Gasteiger partial charge in [0.2, 0.25) is 0 Å². The summed E-state index contributed by atoms with van der Waals surface area (Å²) in [5.41, 5.74) is 8.12. The topological polar surface area (TPSA) is 67.6 Å². The van der Waals surface area contributed by atoms with Crippen LogP contribution in [0.4, 0.5) is 5.82 Å². The average Bonchev–Trinajstić information content (AvgIpc) is 2.60. The first-order valence-electron chi connectivity index (χ1n) is 4.63. The van der Waals surface area contributed by atoms with Crippen molar-refractivity contribution < 1.29 is 0 Å². The highest BCUT2D eigenvalue weighted by Crippen LogP contribution is 2.22. The van der Waals surface area contributed by atoms with Crippen molar-refractivity contribution in [1.29, 1.82) is 5.26 Å². The normalized spacial score (nSPS) is 10.1. The molecule has 0 aliphatic rings.